The minimum Gasteiger partial charge on any atom is -0.355 e. The second-order valence-corrected chi connectivity index (χ2v) is 7.60. The number of benzene rings is 1. The molecule has 1 aromatic carbocycles. The first-order valence-corrected chi connectivity index (χ1v) is 10.3. The van der Waals surface area contributed by atoms with E-state index in [1.807, 2.05) is 13.8 Å². The van der Waals surface area contributed by atoms with Crippen molar-refractivity contribution >= 4 is 23.3 Å². The number of hydrogen-bond acceptors (Lipinski definition) is 5. The molecule has 1 fully saturated rings. The highest BCUT2D eigenvalue weighted by molar-refractivity contribution is 5.97. The van der Waals surface area contributed by atoms with Crippen LogP contribution in [0.15, 0.2) is 42.6 Å². The monoisotopic (exact) mass is 405 g/mol. The topological polar surface area (TPSA) is 98.1 Å². The highest BCUT2D eigenvalue weighted by Gasteiger charge is 2.23. The van der Waals surface area contributed by atoms with Crippen LogP contribution in [0.4, 0.5) is 11.5 Å². The molecule has 2 heterocycles. The first kappa shape index (κ1) is 21.3. The van der Waals surface area contributed by atoms with Crippen molar-refractivity contribution in [3.63, 3.8) is 0 Å². The van der Waals surface area contributed by atoms with Gasteiger partial charge in [-0.2, -0.15) is 5.26 Å². The van der Waals surface area contributed by atoms with Crippen molar-refractivity contribution in [3.05, 3.63) is 53.7 Å². The molecule has 7 nitrogen and oxygen atoms in total. The fraction of sp³-hybridized carbons (Fsp3) is 0.391. The number of rotatable bonds is 6. The molecule has 2 amide bonds. The van der Waals surface area contributed by atoms with Gasteiger partial charge >= 0.3 is 0 Å². The molecule has 1 aliphatic heterocycles. The minimum atomic E-state index is -0.149. The molecule has 0 saturated carbocycles. The highest BCUT2D eigenvalue weighted by atomic mass is 16.2. The van der Waals surface area contributed by atoms with Crippen LogP contribution in [0.25, 0.3) is 0 Å². The second kappa shape index (κ2) is 9.88. The van der Waals surface area contributed by atoms with Gasteiger partial charge in [-0.1, -0.05) is 19.9 Å². The standard InChI is InChI=1S/C23H27N5O2/c1-3-16(2)22(29)27-20-8-4-6-17(14-20)23(30)26-19-9-12-28(13-10-19)21-18(15-24)7-5-11-25-21/h4-8,11,14,16,19H,3,9-10,12-13H2,1-2H3,(H,26,30)(H,27,29). The summed E-state index contributed by atoms with van der Waals surface area (Å²) in [4.78, 5) is 31.2. The van der Waals surface area contributed by atoms with Crippen LogP contribution in [0, 0.1) is 17.2 Å². The molecule has 30 heavy (non-hydrogen) atoms. The van der Waals surface area contributed by atoms with E-state index in [0.29, 0.717) is 22.6 Å². The zero-order chi connectivity index (χ0) is 21.5. The summed E-state index contributed by atoms with van der Waals surface area (Å²) in [5.41, 5.74) is 1.72. The Hall–Kier alpha value is -3.40. The number of aromatic nitrogens is 1. The lowest BCUT2D eigenvalue weighted by Gasteiger charge is -2.33. The molecule has 1 unspecified atom stereocenters. The summed E-state index contributed by atoms with van der Waals surface area (Å²) < 4.78 is 0. The fourth-order valence-electron chi connectivity index (χ4n) is 3.43. The van der Waals surface area contributed by atoms with Crippen LogP contribution in [-0.4, -0.2) is 35.9 Å². The van der Waals surface area contributed by atoms with E-state index in [9.17, 15) is 14.9 Å². The molecule has 2 N–H and O–H groups in total. The zero-order valence-electron chi connectivity index (χ0n) is 17.4. The Balaban J connectivity index is 1.57. The number of nitrogens with zero attached hydrogens (tertiary/aromatic N) is 3. The third-order valence-corrected chi connectivity index (χ3v) is 5.49. The van der Waals surface area contributed by atoms with Crippen molar-refractivity contribution in [1.29, 1.82) is 5.26 Å². The van der Waals surface area contributed by atoms with Gasteiger partial charge in [0.15, 0.2) is 0 Å². The number of nitrogens with one attached hydrogen (secondary N) is 2. The van der Waals surface area contributed by atoms with Gasteiger partial charge in [-0.05, 0) is 49.6 Å². The Morgan fingerprint density at radius 2 is 2.03 bits per heavy atom. The molecule has 0 aliphatic carbocycles. The van der Waals surface area contributed by atoms with Gasteiger partial charge < -0.3 is 15.5 Å². The van der Waals surface area contributed by atoms with Crippen molar-refractivity contribution in [2.45, 2.75) is 39.2 Å². The summed E-state index contributed by atoms with van der Waals surface area (Å²) in [6.45, 7) is 5.29. The average Bonchev–Trinajstić information content (AvgIpc) is 2.79. The maximum atomic E-state index is 12.7. The largest absolute Gasteiger partial charge is 0.355 e. The van der Waals surface area contributed by atoms with Gasteiger partial charge in [0.1, 0.15) is 11.9 Å². The van der Waals surface area contributed by atoms with E-state index in [2.05, 4.69) is 26.6 Å². The predicted octanol–water partition coefficient (Wildman–Crippen LogP) is 3.34. The quantitative estimate of drug-likeness (QED) is 0.768. The van der Waals surface area contributed by atoms with Crippen LogP contribution in [0.5, 0.6) is 0 Å². The molecule has 3 rings (SSSR count). The SMILES string of the molecule is CCC(C)C(=O)Nc1cccc(C(=O)NC2CCN(c3ncccc3C#N)CC2)c1. The number of hydrogen-bond donors (Lipinski definition) is 2. The van der Waals surface area contributed by atoms with Crippen molar-refractivity contribution in [1.82, 2.24) is 10.3 Å². The molecule has 2 aromatic rings. The molecular weight excluding hydrogens is 378 g/mol. The minimum absolute atomic E-state index is 0.0475. The number of carbonyl (C=O) groups excluding carboxylic acids is 2. The number of nitriles is 1. The first-order chi connectivity index (χ1) is 14.5. The van der Waals surface area contributed by atoms with Gasteiger partial charge in [-0.25, -0.2) is 4.98 Å². The molecule has 1 aromatic heterocycles. The summed E-state index contributed by atoms with van der Waals surface area (Å²) >= 11 is 0. The zero-order valence-corrected chi connectivity index (χ0v) is 17.4. The molecule has 0 bridgehead atoms. The Morgan fingerprint density at radius 3 is 2.73 bits per heavy atom. The van der Waals surface area contributed by atoms with Crippen molar-refractivity contribution in [2.24, 2.45) is 5.92 Å². The molecule has 1 atom stereocenters. The maximum absolute atomic E-state index is 12.7. The lowest BCUT2D eigenvalue weighted by Crippen LogP contribution is -2.45. The smallest absolute Gasteiger partial charge is 0.251 e. The number of amides is 2. The Bertz CT molecular complexity index is 945. The van der Waals surface area contributed by atoms with Crippen molar-refractivity contribution < 1.29 is 9.59 Å². The van der Waals surface area contributed by atoms with Crippen LogP contribution >= 0.6 is 0 Å². The number of pyridine rings is 1. The van der Waals surface area contributed by atoms with Crippen LogP contribution < -0.4 is 15.5 Å². The third kappa shape index (κ3) is 5.15. The van der Waals surface area contributed by atoms with Crippen LogP contribution in [0.2, 0.25) is 0 Å². The number of anilines is 2. The molecule has 1 saturated heterocycles. The summed E-state index contributed by atoms with van der Waals surface area (Å²) in [5.74, 6) is 0.431. The molecular formula is C23H27N5O2. The van der Waals surface area contributed by atoms with E-state index >= 15 is 0 Å². The van der Waals surface area contributed by atoms with Gasteiger partial charge in [0.25, 0.3) is 5.91 Å². The van der Waals surface area contributed by atoms with Gasteiger partial charge in [-0.3, -0.25) is 9.59 Å². The van der Waals surface area contributed by atoms with E-state index in [4.69, 9.17) is 0 Å². The predicted molar refractivity (Wildman–Crippen MR) is 116 cm³/mol. The van der Waals surface area contributed by atoms with Crippen LogP contribution in [-0.2, 0) is 4.79 Å². The summed E-state index contributed by atoms with van der Waals surface area (Å²) in [6.07, 6.45) is 4.01. The average molecular weight is 406 g/mol. The lowest BCUT2D eigenvalue weighted by molar-refractivity contribution is -0.119. The van der Waals surface area contributed by atoms with Crippen LogP contribution in [0.1, 0.15) is 49.0 Å². The normalized spacial score (nSPS) is 15.2. The first-order valence-electron chi connectivity index (χ1n) is 10.3. The number of carbonyl (C=O) groups is 2. The maximum Gasteiger partial charge on any atom is 0.251 e. The Morgan fingerprint density at radius 1 is 1.27 bits per heavy atom. The van der Waals surface area contributed by atoms with Gasteiger partial charge in [0.2, 0.25) is 5.91 Å². The summed E-state index contributed by atoms with van der Waals surface area (Å²) in [7, 11) is 0. The van der Waals surface area contributed by atoms with E-state index < -0.39 is 0 Å². The van der Waals surface area contributed by atoms with Crippen molar-refractivity contribution in [2.75, 3.05) is 23.3 Å². The number of piperidine rings is 1. The Labute approximate surface area is 177 Å². The molecule has 1 aliphatic rings. The third-order valence-electron chi connectivity index (χ3n) is 5.49. The molecule has 0 spiro atoms. The molecule has 156 valence electrons. The van der Waals surface area contributed by atoms with Gasteiger partial charge in [0, 0.05) is 42.5 Å². The highest BCUT2D eigenvalue weighted by Crippen LogP contribution is 2.21. The van der Waals surface area contributed by atoms with Gasteiger partial charge in [0.05, 0.1) is 5.56 Å². The summed E-state index contributed by atoms with van der Waals surface area (Å²) in [5, 5.41) is 15.2. The van der Waals surface area contributed by atoms with E-state index in [1.54, 1.807) is 42.6 Å². The molecule has 0 radical (unpaired) electrons. The van der Waals surface area contributed by atoms with Crippen LogP contribution in [0.3, 0.4) is 0 Å². The van der Waals surface area contributed by atoms with E-state index in [0.717, 1.165) is 32.4 Å². The fourth-order valence-corrected chi connectivity index (χ4v) is 3.43. The summed E-state index contributed by atoms with van der Waals surface area (Å²) in [6, 6.07) is 12.8. The van der Waals surface area contributed by atoms with E-state index in [-0.39, 0.29) is 23.8 Å². The lowest BCUT2D eigenvalue weighted by atomic mass is 10.0. The van der Waals surface area contributed by atoms with E-state index in [1.165, 1.54) is 0 Å². The second-order valence-electron chi connectivity index (χ2n) is 7.60. The Kier molecular flexibility index (Phi) is 7.02. The van der Waals surface area contributed by atoms with Gasteiger partial charge in [-0.15, -0.1) is 0 Å². The molecule has 7 heteroatoms. The van der Waals surface area contributed by atoms with Crippen molar-refractivity contribution in [3.8, 4) is 6.07 Å².